The number of pyridine rings is 1. The van der Waals surface area contributed by atoms with E-state index < -0.39 is 5.78 Å². The zero-order valence-electron chi connectivity index (χ0n) is 15.0. The highest BCUT2D eigenvalue weighted by molar-refractivity contribution is 6.50. The number of nitrogens with one attached hydrogen (secondary N) is 2. The molecule has 0 fully saturated rings. The summed E-state index contributed by atoms with van der Waals surface area (Å²) in [5, 5.41) is 5.48. The summed E-state index contributed by atoms with van der Waals surface area (Å²) >= 11 is 6.15. The van der Waals surface area contributed by atoms with E-state index in [2.05, 4.69) is 15.6 Å². The molecule has 1 aliphatic rings. The van der Waals surface area contributed by atoms with Gasteiger partial charge in [-0.15, -0.1) is 0 Å². The number of halogens is 1. The monoisotopic (exact) mass is 403 g/mol. The summed E-state index contributed by atoms with van der Waals surface area (Å²) in [6.07, 6.45) is 3.16. The largest absolute Gasteiger partial charge is 0.351 e. The van der Waals surface area contributed by atoms with Crippen molar-refractivity contribution < 1.29 is 14.4 Å². The van der Waals surface area contributed by atoms with Gasteiger partial charge in [0.05, 0.1) is 11.9 Å². The number of nitrogens with zero attached hydrogens (tertiary/aromatic N) is 1. The molecule has 4 rings (SSSR count). The van der Waals surface area contributed by atoms with Crippen LogP contribution >= 0.6 is 11.6 Å². The number of aromatic nitrogens is 1. The van der Waals surface area contributed by atoms with Crippen molar-refractivity contribution in [1.82, 2.24) is 4.98 Å². The third-order valence-corrected chi connectivity index (χ3v) is 4.76. The maximum atomic E-state index is 12.7. The van der Waals surface area contributed by atoms with Crippen LogP contribution in [0.4, 0.5) is 11.4 Å². The number of fused-ring (bicyclic) bond motifs is 1. The predicted molar refractivity (Wildman–Crippen MR) is 110 cm³/mol. The van der Waals surface area contributed by atoms with Crippen LogP contribution in [0, 0.1) is 0 Å². The molecule has 0 bridgehead atoms. The molecule has 0 radical (unpaired) electrons. The fourth-order valence-electron chi connectivity index (χ4n) is 2.95. The molecule has 2 N–H and O–H groups in total. The molecule has 142 valence electrons. The molecule has 1 heterocycles. The SMILES string of the molecule is O=C(Nc1cccnc1)c1ccc(NC2=C(Cl)C(=O)c3ccccc3C2=O)cc1. The lowest BCUT2D eigenvalue weighted by molar-refractivity contribution is 0.0982. The van der Waals surface area contributed by atoms with E-state index in [0.717, 1.165) is 0 Å². The van der Waals surface area contributed by atoms with Gasteiger partial charge >= 0.3 is 0 Å². The first-order chi connectivity index (χ1) is 14.0. The number of Topliss-reactive ketones (excluding diaryl/α,β-unsaturated/α-hetero) is 2. The van der Waals surface area contributed by atoms with Gasteiger partial charge in [-0.3, -0.25) is 19.4 Å². The van der Waals surface area contributed by atoms with Crippen LogP contribution in [0.15, 0.2) is 83.8 Å². The third-order valence-electron chi connectivity index (χ3n) is 4.40. The van der Waals surface area contributed by atoms with Crippen molar-refractivity contribution in [3.8, 4) is 0 Å². The van der Waals surface area contributed by atoms with E-state index >= 15 is 0 Å². The zero-order chi connectivity index (χ0) is 20.4. The van der Waals surface area contributed by atoms with E-state index in [1.165, 1.54) is 0 Å². The maximum Gasteiger partial charge on any atom is 0.255 e. The summed E-state index contributed by atoms with van der Waals surface area (Å²) in [5.74, 6) is -1.06. The molecule has 2 aromatic carbocycles. The summed E-state index contributed by atoms with van der Waals surface area (Å²) < 4.78 is 0. The summed E-state index contributed by atoms with van der Waals surface area (Å²) in [4.78, 5) is 41.4. The van der Waals surface area contributed by atoms with Crippen LogP contribution in [-0.2, 0) is 0 Å². The molecule has 6 nitrogen and oxygen atoms in total. The number of hydrogen-bond acceptors (Lipinski definition) is 5. The van der Waals surface area contributed by atoms with Crippen molar-refractivity contribution in [2.24, 2.45) is 0 Å². The van der Waals surface area contributed by atoms with Crippen molar-refractivity contribution in [3.05, 3.63) is 100 Å². The average Bonchev–Trinajstić information content (AvgIpc) is 2.76. The number of rotatable bonds is 4. The second-order valence-corrected chi connectivity index (χ2v) is 6.67. The Balaban J connectivity index is 1.53. The molecule has 1 amide bonds. The predicted octanol–water partition coefficient (Wildman–Crippen LogP) is 4.28. The van der Waals surface area contributed by atoms with Gasteiger partial charge in [0.2, 0.25) is 11.6 Å². The molecule has 0 saturated carbocycles. The average molecular weight is 404 g/mol. The maximum absolute atomic E-state index is 12.7. The van der Waals surface area contributed by atoms with E-state index in [1.807, 2.05) is 0 Å². The standard InChI is InChI=1S/C22H14ClN3O3/c23-18-19(21(28)17-6-2-1-5-16(17)20(18)27)25-14-9-7-13(8-10-14)22(29)26-15-4-3-11-24-12-15/h1-12,25H,(H,26,29). The second kappa shape index (κ2) is 7.69. The van der Waals surface area contributed by atoms with Crippen molar-refractivity contribution in [2.45, 2.75) is 0 Å². The van der Waals surface area contributed by atoms with Gasteiger partial charge in [0, 0.05) is 28.6 Å². The molecule has 0 aliphatic heterocycles. The number of hydrogen-bond donors (Lipinski definition) is 2. The molecule has 0 atom stereocenters. The van der Waals surface area contributed by atoms with E-state index in [4.69, 9.17) is 11.6 Å². The Kier molecular flexibility index (Phi) is 4.93. The molecule has 0 spiro atoms. The summed E-state index contributed by atoms with van der Waals surface area (Å²) in [6.45, 7) is 0. The Labute approximate surface area is 171 Å². The Morgan fingerprint density at radius 3 is 2.17 bits per heavy atom. The van der Waals surface area contributed by atoms with Gasteiger partial charge in [-0.25, -0.2) is 0 Å². The fraction of sp³-hybridized carbons (Fsp3) is 0. The number of carbonyl (C=O) groups excluding carboxylic acids is 3. The number of allylic oxidation sites excluding steroid dienone is 2. The first kappa shape index (κ1) is 18.6. The van der Waals surface area contributed by atoms with E-state index in [-0.39, 0.29) is 28.0 Å². The van der Waals surface area contributed by atoms with Crippen LogP contribution in [0.3, 0.4) is 0 Å². The van der Waals surface area contributed by atoms with Crippen LogP contribution in [0.1, 0.15) is 31.1 Å². The van der Waals surface area contributed by atoms with Crippen LogP contribution in [0.2, 0.25) is 0 Å². The topological polar surface area (TPSA) is 88.2 Å². The normalized spacial score (nSPS) is 13.1. The van der Waals surface area contributed by atoms with E-state index in [0.29, 0.717) is 22.5 Å². The molecule has 0 saturated heterocycles. The lowest BCUT2D eigenvalue weighted by atomic mass is 9.92. The number of benzene rings is 2. The number of anilines is 2. The smallest absolute Gasteiger partial charge is 0.255 e. The van der Waals surface area contributed by atoms with Crippen molar-refractivity contribution in [3.63, 3.8) is 0 Å². The highest BCUT2D eigenvalue weighted by atomic mass is 35.5. The first-order valence-corrected chi connectivity index (χ1v) is 9.09. The van der Waals surface area contributed by atoms with Gasteiger partial charge in [0.15, 0.2) is 0 Å². The highest BCUT2D eigenvalue weighted by Crippen LogP contribution is 2.29. The van der Waals surface area contributed by atoms with Gasteiger partial charge in [-0.2, -0.15) is 0 Å². The molecule has 0 unspecified atom stereocenters. The molecular formula is C22H14ClN3O3. The lowest BCUT2D eigenvalue weighted by Gasteiger charge is -2.19. The molecule has 3 aromatic rings. The zero-order valence-corrected chi connectivity index (χ0v) is 15.7. The second-order valence-electron chi connectivity index (χ2n) is 6.29. The van der Waals surface area contributed by atoms with Gasteiger partial charge in [-0.05, 0) is 36.4 Å². The minimum atomic E-state index is -0.406. The number of amides is 1. The van der Waals surface area contributed by atoms with Crippen LogP contribution in [-0.4, -0.2) is 22.5 Å². The molecule has 1 aliphatic carbocycles. The quantitative estimate of drug-likeness (QED) is 0.679. The van der Waals surface area contributed by atoms with Crippen molar-refractivity contribution in [2.75, 3.05) is 10.6 Å². The van der Waals surface area contributed by atoms with Crippen molar-refractivity contribution >= 4 is 40.4 Å². The molecular weight excluding hydrogens is 390 g/mol. The van der Waals surface area contributed by atoms with Gasteiger partial charge in [-0.1, -0.05) is 35.9 Å². The Hall–Kier alpha value is -3.77. The van der Waals surface area contributed by atoms with Crippen LogP contribution in [0.25, 0.3) is 0 Å². The summed E-state index contributed by atoms with van der Waals surface area (Å²) in [5.41, 5.74) is 2.14. The Morgan fingerprint density at radius 1 is 0.828 bits per heavy atom. The Morgan fingerprint density at radius 2 is 1.52 bits per heavy atom. The van der Waals surface area contributed by atoms with Crippen LogP contribution in [0.5, 0.6) is 0 Å². The lowest BCUT2D eigenvalue weighted by Crippen LogP contribution is -2.24. The molecule has 7 heteroatoms. The van der Waals surface area contributed by atoms with Gasteiger partial charge < -0.3 is 10.6 Å². The van der Waals surface area contributed by atoms with E-state index in [9.17, 15) is 14.4 Å². The molecule has 29 heavy (non-hydrogen) atoms. The minimum Gasteiger partial charge on any atom is -0.351 e. The Bertz CT molecular complexity index is 1160. The minimum absolute atomic E-state index is 0.0166. The van der Waals surface area contributed by atoms with Gasteiger partial charge in [0.25, 0.3) is 5.91 Å². The van der Waals surface area contributed by atoms with E-state index in [1.54, 1.807) is 73.1 Å². The molecule has 1 aromatic heterocycles. The first-order valence-electron chi connectivity index (χ1n) is 8.71. The number of ketones is 2. The van der Waals surface area contributed by atoms with Crippen LogP contribution < -0.4 is 10.6 Å². The third kappa shape index (κ3) is 3.66. The summed E-state index contributed by atoms with van der Waals surface area (Å²) in [6, 6.07) is 16.5. The fourth-order valence-corrected chi connectivity index (χ4v) is 3.18. The van der Waals surface area contributed by atoms with Crippen molar-refractivity contribution in [1.29, 1.82) is 0 Å². The number of carbonyl (C=O) groups is 3. The highest BCUT2D eigenvalue weighted by Gasteiger charge is 2.31. The summed E-state index contributed by atoms with van der Waals surface area (Å²) in [7, 11) is 0. The van der Waals surface area contributed by atoms with Gasteiger partial charge in [0.1, 0.15) is 10.7 Å².